The molecule has 0 saturated carbocycles. The minimum atomic E-state index is -2.63. The standard InChI is InChI=1S/C8H7NO5S/c10-4-7-2-1-6(5-15(13)14)3-8(7)9(11)12/h1-4,15H,5H2. The van der Waals surface area contributed by atoms with Crippen molar-refractivity contribution in [2.75, 3.05) is 0 Å². The minimum absolute atomic E-state index is 0.0649. The van der Waals surface area contributed by atoms with Crippen LogP contribution < -0.4 is 0 Å². The van der Waals surface area contributed by atoms with Gasteiger partial charge in [0.2, 0.25) is 0 Å². The van der Waals surface area contributed by atoms with Crippen molar-refractivity contribution in [1.29, 1.82) is 0 Å². The van der Waals surface area contributed by atoms with E-state index in [1.165, 1.54) is 12.1 Å². The highest BCUT2D eigenvalue weighted by Crippen LogP contribution is 2.18. The quantitative estimate of drug-likeness (QED) is 0.351. The fourth-order valence-electron chi connectivity index (χ4n) is 1.09. The van der Waals surface area contributed by atoms with Crippen LogP contribution in [0.4, 0.5) is 5.69 Å². The first kappa shape index (κ1) is 11.3. The van der Waals surface area contributed by atoms with E-state index in [-0.39, 0.29) is 17.0 Å². The van der Waals surface area contributed by atoms with E-state index in [0.29, 0.717) is 11.8 Å². The maximum Gasteiger partial charge on any atom is 0.280 e. The summed E-state index contributed by atoms with van der Waals surface area (Å²) in [6, 6.07) is 3.70. The van der Waals surface area contributed by atoms with Crippen molar-refractivity contribution in [2.45, 2.75) is 5.75 Å². The highest BCUT2D eigenvalue weighted by atomic mass is 32.2. The molecule has 0 amide bonds. The summed E-state index contributed by atoms with van der Waals surface area (Å²) in [7, 11) is -2.63. The third-order valence-electron chi connectivity index (χ3n) is 1.73. The summed E-state index contributed by atoms with van der Waals surface area (Å²) >= 11 is 0. The number of benzene rings is 1. The van der Waals surface area contributed by atoms with E-state index < -0.39 is 15.6 Å². The predicted molar refractivity (Wildman–Crippen MR) is 52.5 cm³/mol. The molecule has 0 saturated heterocycles. The van der Waals surface area contributed by atoms with Gasteiger partial charge in [-0.2, -0.15) is 0 Å². The van der Waals surface area contributed by atoms with Gasteiger partial charge in [0.25, 0.3) is 5.69 Å². The molecule has 0 radical (unpaired) electrons. The number of aldehydes is 1. The van der Waals surface area contributed by atoms with Gasteiger partial charge in [0.1, 0.15) is 10.7 Å². The lowest BCUT2D eigenvalue weighted by atomic mass is 10.1. The molecule has 6 nitrogen and oxygen atoms in total. The third kappa shape index (κ3) is 2.84. The normalized spacial score (nSPS) is 10.2. The summed E-state index contributed by atoms with van der Waals surface area (Å²) in [6.07, 6.45) is 0.360. The van der Waals surface area contributed by atoms with Crippen LogP contribution in [0.15, 0.2) is 18.2 Å². The predicted octanol–water partition coefficient (Wildman–Crippen LogP) is 0.519. The SMILES string of the molecule is O=Cc1ccc(C[SH](=O)=O)cc1[N+](=O)[O-]. The molecule has 0 aliphatic carbocycles. The highest BCUT2D eigenvalue weighted by Gasteiger charge is 2.13. The fourth-order valence-corrected chi connectivity index (χ4v) is 1.59. The topological polar surface area (TPSA) is 94.3 Å². The lowest BCUT2D eigenvalue weighted by Gasteiger charge is -1.98. The molecular formula is C8H7NO5S. The second-order valence-corrected chi connectivity index (χ2v) is 3.74. The number of nitro groups is 1. The van der Waals surface area contributed by atoms with E-state index >= 15 is 0 Å². The first-order valence-electron chi connectivity index (χ1n) is 3.89. The Kier molecular flexibility index (Phi) is 3.51. The Morgan fingerprint density at radius 3 is 2.53 bits per heavy atom. The maximum absolute atomic E-state index is 10.5. The largest absolute Gasteiger partial charge is 0.298 e. The van der Waals surface area contributed by atoms with Gasteiger partial charge in [-0.25, -0.2) is 8.42 Å². The van der Waals surface area contributed by atoms with Gasteiger partial charge in [0.05, 0.1) is 16.2 Å². The average molecular weight is 229 g/mol. The summed E-state index contributed by atoms with van der Waals surface area (Å²) in [5.41, 5.74) is -0.146. The molecule has 1 aromatic rings. The zero-order chi connectivity index (χ0) is 11.4. The number of carbonyl (C=O) groups excluding carboxylic acids is 1. The van der Waals surface area contributed by atoms with Gasteiger partial charge in [-0.05, 0) is 11.6 Å². The Hall–Kier alpha value is -1.76. The Balaban J connectivity index is 3.21. The average Bonchev–Trinajstić information content (AvgIpc) is 2.16. The molecule has 0 atom stereocenters. The van der Waals surface area contributed by atoms with Gasteiger partial charge in [-0.1, -0.05) is 6.07 Å². The number of rotatable bonds is 4. The first-order chi connectivity index (χ1) is 7.04. The number of nitrogens with zero attached hydrogens (tertiary/aromatic N) is 1. The molecule has 0 spiro atoms. The Morgan fingerprint density at radius 1 is 1.40 bits per heavy atom. The summed E-state index contributed by atoms with van der Waals surface area (Å²) < 4.78 is 20.8. The van der Waals surface area contributed by atoms with E-state index in [2.05, 4.69) is 0 Å². The van der Waals surface area contributed by atoms with Crippen LogP contribution in [0.2, 0.25) is 0 Å². The fraction of sp³-hybridized carbons (Fsp3) is 0.125. The molecule has 1 rings (SSSR count). The Bertz CT molecular complexity index is 472. The van der Waals surface area contributed by atoms with E-state index in [0.717, 1.165) is 6.07 Å². The van der Waals surface area contributed by atoms with Crippen molar-refractivity contribution in [2.24, 2.45) is 0 Å². The maximum atomic E-state index is 10.5. The molecule has 0 N–H and O–H groups in total. The summed E-state index contributed by atoms with van der Waals surface area (Å²) in [5.74, 6) is -0.269. The molecule has 0 fully saturated rings. The summed E-state index contributed by atoms with van der Waals surface area (Å²) in [5, 5.41) is 10.5. The van der Waals surface area contributed by atoms with Crippen LogP contribution in [-0.4, -0.2) is 19.6 Å². The second-order valence-electron chi connectivity index (χ2n) is 2.76. The lowest BCUT2D eigenvalue weighted by molar-refractivity contribution is -0.385. The molecule has 0 unspecified atom stereocenters. The van der Waals surface area contributed by atoms with Gasteiger partial charge in [0, 0.05) is 6.07 Å². The van der Waals surface area contributed by atoms with Crippen molar-refractivity contribution in [3.63, 3.8) is 0 Å². The van der Waals surface area contributed by atoms with Gasteiger partial charge in [-0.3, -0.25) is 14.9 Å². The summed E-state index contributed by atoms with van der Waals surface area (Å²) in [4.78, 5) is 20.2. The van der Waals surface area contributed by atoms with Gasteiger partial charge in [0.15, 0.2) is 6.29 Å². The molecule has 0 aliphatic heterocycles. The van der Waals surface area contributed by atoms with Gasteiger partial charge >= 0.3 is 0 Å². The minimum Gasteiger partial charge on any atom is -0.298 e. The van der Waals surface area contributed by atoms with Crippen LogP contribution in [0, 0.1) is 10.1 Å². The van der Waals surface area contributed by atoms with Crippen LogP contribution >= 0.6 is 0 Å². The monoisotopic (exact) mass is 229 g/mol. The molecule has 0 bridgehead atoms. The smallest absolute Gasteiger partial charge is 0.280 e. The number of nitro benzene ring substituents is 1. The van der Waals surface area contributed by atoms with Crippen LogP contribution in [-0.2, 0) is 16.5 Å². The van der Waals surface area contributed by atoms with Crippen molar-refractivity contribution < 1.29 is 18.1 Å². The first-order valence-corrected chi connectivity index (χ1v) is 5.25. The molecular weight excluding hydrogens is 222 g/mol. The van der Waals surface area contributed by atoms with Crippen molar-refractivity contribution in [3.05, 3.63) is 39.4 Å². The van der Waals surface area contributed by atoms with Crippen molar-refractivity contribution in [1.82, 2.24) is 0 Å². The van der Waals surface area contributed by atoms with Crippen LogP contribution in [0.3, 0.4) is 0 Å². The van der Waals surface area contributed by atoms with E-state index in [9.17, 15) is 23.3 Å². The molecule has 15 heavy (non-hydrogen) atoms. The number of hydrogen-bond acceptors (Lipinski definition) is 5. The van der Waals surface area contributed by atoms with E-state index in [1.54, 1.807) is 0 Å². The van der Waals surface area contributed by atoms with Crippen LogP contribution in [0.25, 0.3) is 0 Å². The molecule has 0 aromatic heterocycles. The van der Waals surface area contributed by atoms with Gasteiger partial charge < -0.3 is 0 Å². The van der Waals surface area contributed by atoms with Crippen molar-refractivity contribution >= 4 is 22.7 Å². The zero-order valence-corrected chi connectivity index (χ0v) is 8.35. The van der Waals surface area contributed by atoms with Gasteiger partial charge in [-0.15, -0.1) is 0 Å². The van der Waals surface area contributed by atoms with E-state index in [4.69, 9.17) is 0 Å². The van der Waals surface area contributed by atoms with Crippen molar-refractivity contribution in [3.8, 4) is 0 Å². The molecule has 7 heteroatoms. The van der Waals surface area contributed by atoms with Crippen LogP contribution in [0.5, 0.6) is 0 Å². The lowest BCUT2D eigenvalue weighted by Crippen LogP contribution is -1.96. The molecule has 1 aromatic carbocycles. The van der Waals surface area contributed by atoms with Crippen LogP contribution in [0.1, 0.15) is 15.9 Å². The summed E-state index contributed by atoms with van der Waals surface area (Å²) in [6.45, 7) is 0. The highest BCUT2D eigenvalue weighted by molar-refractivity contribution is 7.71. The third-order valence-corrected chi connectivity index (χ3v) is 2.35. The molecule has 80 valence electrons. The number of hydrogen-bond donors (Lipinski definition) is 1. The van der Waals surface area contributed by atoms with E-state index in [1.807, 2.05) is 0 Å². The second kappa shape index (κ2) is 4.65. The Labute approximate surface area is 86.6 Å². The number of thiol groups is 1. The zero-order valence-electron chi connectivity index (χ0n) is 7.45. The molecule has 0 aliphatic rings. The molecule has 0 heterocycles. The number of carbonyl (C=O) groups is 1. The Morgan fingerprint density at radius 2 is 2.07 bits per heavy atom.